The third-order valence-corrected chi connectivity index (χ3v) is 7.73. The van der Waals surface area contributed by atoms with E-state index in [0.29, 0.717) is 21.3 Å². The summed E-state index contributed by atoms with van der Waals surface area (Å²) in [6.07, 6.45) is -13.8. The van der Waals surface area contributed by atoms with Crippen molar-refractivity contribution >= 4 is 22.8 Å². The minimum Gasteiger partial charge on any atom is -0.364 e. The molecule has 9 nitrogen and oxygen atoms in total. The number of nitrogens with zero attached hydrogens (tertiary/aromatic N) is 2. The predicted octanol–water partition coefficient (Wildman–Crippen LogP) is 5.58. The Morgan fingerprint density at radius 2 is 1.75 bits per heavy atom. The van der Waals surface area contributed by atoms with E-state index < -0.39 is 97.9 Å². The molecule has 4 rings (SSSR count). The molecular formula is C27H30F8N6O3. The molecule has 2 amide bonds. The Kier molecular flexibility index (Phi) is 9.17. The number of primary amides is 1. The Labute approximate surface area is 244 Å². The largest absolute Gasteiger partial charge is 0.390 e. The molecule has 1 aliphatic rings. The van der Waals surface area contributed by atoms with Crippen molar-refractivity contribution in [1.29, 1.82) is 0 Å². The van der Waals surface area contributed by atoms with Gasteiger partial charge in [-0.05, 0) is 43.4 Å². The molecule has 1 fully saturated rings. The normalized spacial score (nSPS) is 17.5. The number of fused-ring (bicyclic) bond motifs is 1. The summed E-state index contributed by atoms with van der Waals surface area (Å²) >= 11 is 0. The van der Waals surface area contributed by atoms with Crippen molar-refractivity contribution in [2.45, 2.75) is 88.6 Å². The van der Waals surface area contributed by atoms with Gasteiger partial charge in [0.15, 0.2) is 0 Å². The Hall–Kier alpha value is -3.92. The van der Waals surface area contributed by atoms with Crippen LogP contribution in [0.3, 0.4) is 0 Å². The molecule has 0 bridgehead atoms. The second-order valence-corrected chi connectivity index (χ2v) is 11.1. The third kappa shape index (κ3) is 7.96. The van der Waals surface area contributed by atoms with Gasteiger partial charge in [-0.15, -0.1) is 0 Å². The lowest BCUT2D eigenvalue weighted by atomic mass is 9.75. The van der Waals surface area contributed by atoms with E-state index in [-0.39, 0.29) is 24.2 Å². The summed E-state index contributed by atoms with van der Waals surface area (Å²) in [6, 6.07) is 3.94. The van der Waals surface area contributed by atoms with Crippen molar-refractivity contribution in [3.05, 3.63) is 51.2 Å². The van der Waals surface area contributed by atoms with Gasteiger partial charge in [0.25, 0.3) is 11.5 Å². The summed E-state index contributed by atoms with van der Waals surface area (Å²) in [4.78, 5) is 45.3. The lowest BCUT2D eigenvalue weighted by Gasteiger charge is -2.32. The fourth-order valence-corrected chi connectivity index (χ4v) is 5.48. The molecule has 44 heavy (non-hydrogen) atoms. The summed E-state index contributed by atoms with van der Waals surface area (Å²) in [5, 5.41) is 4.83. The quantitative estimate of drug-likeness (QED) is 0.215. The molecule has 1 aromatic carbocycles. The molecule has 3 aromatic rings. The van der Waals surface area contributed by atoms with Crippen molar-refractivity contribution in [3.8, 4) is 0 Å². The van der Waals surface area contributed by atoms with E-state index in [0.717, 1.165) is 0 Å². The number of imidazole rings is 1. The molecule has 2 aromatic heterocycles. The minimum absolute atomic E-state index is 0.0794. The number of nitrogens with one attached hydrogen (secondary N) is 3. The average Bonchev–Trinajstić information content (AvgIpc) is 3.47. The van der Waals surface area contributed by atoms with Crippen LogP contribution < -0.4 is 16.6 Å². The van der Waals surface area contributed by atoms with Crippen LogP contribution in [0.2, 0.25) is 0 Å². The number of benzene rings is 1. The van der Waals surface area contributed by atoms with Crippen LogP contribution in [0.5, 0.6) is 0 Å². The number of rotatable bonds is 10. The van der Waals surface area contributed by atoms with Gasteiger partial charge in [-0.1, -0.05) is 6.07 Å². The summed E-state index contributed by atoms with van der Waals surface area (Å²) in [7, 11) is 0. The number of carbonyl (C=O) groups is 2. The molecule has 0 spiro atoms. The Bertz CT molecular complexity index is 1560. The summed E-state index contributed by atoms with van der Waals surface area (Å²) < 4.78 is 105. The molecule has 2 heterocycles. The molecule has 0 radical (unpaired) electrons. The van der Waals surface area contributed by atoms with Crippen molar-refractivity contribution in [2.24, 2.45) is 11.7 Å². The molecule has 0 saturated heterocycles. The minimum atomic E-state index is -4.61. The summed E-state index contributed by atoms with van der Waals surface area (Å²) in [5.74, 6) is -6.62. The number of aryl methyl sites for hydroxylation is 1. The van der Waals surface area contributed by atoms with Gasteiger partial charge in [0.2, 0.25) is 11.8 Å². The van der Waals surface area contributed by atoms with Crippen LogP contribution in [0, 0.1) is 5.92 Å². The highest BCUT2D eigenvalue weighted by Crippen LogP contribution is 2.44. The van der Waals surface area contributed by atoms with E-state index in [1.807, 2.05) is 0 Å². The number of hydrogen-bond donors (Lipinski definition) is 4. The number of halogens is 8. The molecule has 17 heteroatoms. The van der Waals surface area contributed by atoms with Crippen LogP contribution in [-0.2, 0) is 11.3 Å². The first kappa shape index (κ1) is 33.0. The second-order valence-electron chi connectivity index (χ2n) is 11.1. The Morgan fingerprint density at radius 3 is 2.34 bits per heavy atom. The van der Waals surface area contributed by atoms with Gasteiger partial charge in [-0.25, -0.2) is 13.8 Å². The smallest absolute Gasteiger partial charge is 0.364 e. The van der Waals surface area contributed by atoms with Crippen LogP contribution in [-0.4, -0.2) is 49.8 Å². The maximum atomic E-state index is 14.1. The second kappa shape index (κ2) is 12.2. The Balaban J connectivity index is 1.72. The van der Waals surface area contributed by atoms with Crippen LogP contribution in [0.1, 0.15) is 91.3 Å². The number of alkyl halides is 8. The molecular weight excluding hydrogens is 608 g/mol. The van der Waals surface area contributed by atoms with Gasteiger partial charge in [-0.2, -0.15) is 26.3 Å². The molecule has 0 aliphatic heterocycles. The van der Waals surface area contributed by atoms with Gasteiger partial charge in [0, 0.05) is 19.3 Å². The first-order chi connectivity index (χ1) is 20.3. The summed E-state index contributed by atoms with van der Waals surface area (Å²) in [5.41, 5.74) is 4.93. The van der Waals surface area contributed by atoms with E-state index in [1.54, 1.807) is 19.1 Å². The maximum Gasteiger partial charge on any atom is 0.390 e. The molecule has 1 aliphatic carbocycles. The predicted molar refractivity (Wildman–Crippen MR) is 141 cm³/mol. The maximum absolute atomic E-state index is 14.1. The zero-order valence-corrected chi connectivity index (χ0v) is 23.3. The SMILES string of the molecule is C[C@@H](NC(=O)CCC(F)(F)F)c1ccc2nc([C@H](c3c(C(N)=O)[nH]n(CCC(F)(F)F)c3=O)C3CCC(F)(F)CC3)[nH]c2c1. The van der Waals surface area contributed by atoms with Crippen molar-refractivity contribution in [3.63, 3.8) is 0 Å². The van der Waals surface area contributed by atoms with Crippen LogP contribution in [0.25, 0.3) is 11.0 Å². The third-order valence-electron chi connectivity index (χ3n) is 7.73. The van der Waals surface area contributed by atoms with Crippen LogP contribution >= 0.6 is 0 Å². The number of amides is 2. The van der Waals surface area contributed by atoms with E-state index in [9.17, 15) is 49.5 Å². The molecule has 2 atom stereocenters. The van der Waals surface area contributed by atoms with E-state index in [1.165, 1.54) is 6.07 Å². The number of nitrogens with two attached hydrogens (primary N) is 1. The van der Waals surface area contributed by atoms with Crippen molar-refractivity contribution < 1.29 is 44.7 Å². The molecule has 0 unspecified atom stereocenters. The first-order valence-corrected chi connectivity index (χ1v) is 13.8. The standard InChI is InChI=1S/C27H30F8N6O3/c1-13(37-18(42)6-9-26(30,31)32)15-2-3-16-17(12-15)39-23(38-16)19(14-4-7-25(28,29)8-5-14)20-21(22(36)43)40-41(24(20)44)11-10-27(33,34)35/h2-3,12-14,19,40H,4-11H2,1H3,(H2,36,43)(H,37,42)(H,38,39)/t13-,19+/m1/s1. The monoisotopic (exact) mass is 638 g/mol. The average molecular weight is 639 g/mol. The van der Waals surface area contributed by atoms with Crippen molar-refractivity contribution in [2.75, 3.05) is 0 Å². The number of aromatic amines is 2. The molecule has 242 valence electrons. The van der Waals surface area contributed by atoms with Crippen LogP contribution in [0.4, 0.5) is 35.1 Å². The van der Waals surface area contributed by atoms with Gasteiger partial charge >= 0.3 is 12.4 Å². The fraction of sp³-hybridized carbons (Fsp3) is 0.556. The summed E-state index contributed by atoms with van der Waals surface area (Å²) in [6.45, 7) is 0.714. The molecule has 1 saturated carbocycles. The lowest BCUT2D eigenvalue weighted by Crippen LogP contribution is -2.32. The van der Waals surface area contributed by atoms with E-state index in [4.69, 9.17) is 5.73 Å². The first-order valence-electron chi connectivity index (χ1n) is 13.8. The number of carbonyl (C=O) groups excluding carboxylic acids is 2. The number of hydrogen-bond acceptors (Lipinski definition) is 4. The highest BCUT2D eigenvalue weighted by atomic mass is 19.4. The Morgan fingerprint density at radius 1 is 1.11 bits per heavy atom. The molecule has 5 N–H and O–H groups in total. The number of H-pyrrole nitrogens is 2. The topological polar surface area (TPSA) is 139 Å². The van der Waals surface area contributed by atoms with Crippen LogP contribution in [0.15, 0.2) is 23.0 Å². The lowest BCUT2D eigenvalue weighted by molar-refractivity contribution is -0.144. The number of aromatic nitrogens is 4. The van der Waals surface area contributed by atoms with E-state index in [2.05, 4.69) is 20.4 Å². The van der Waals surface area contributed by atoms with Gasteiger partial charge in [0.1, 0.15) is 11.5 Å². The van der Waals surface area contributed by atoms with Gasteiger partial charge in [0.05, 0.1) is 47.9 Å². The fourth-order valence-electron chi connectivity index (χ4n) is 5.48. The highest BCUT2D eigenvalue weighted by molar-refractivity contribution is 5.92. The highest BCUT2D eigenvalue weighted by Gasteiger charge is 2.42. The van der Waals surface area contributed by atoms with Gasteiger partial charge in [-0.3, -0.25) is 24.2 Å². The van der Waals surface area contributed by atoms with Gasteiger partial charge < -0.3 is 16.0 Å². The van der Waals surface area contributed by atoms with Crippen molar-refractivity contribution in [1.82, 2.24) is 25.1 Å². The van der Waals surface area contributed by atoms with E-state index >= 15 is 0 Å². The zero-order valence-electron chi connectivity index (χ0n) is 23.3. The zero-order chi connectivity index (χ0) is 32.6.